The molecule has 0 amide bonds. The van der Waals surface area contributed by atoms with Gasteiger partial charge in [0.15, 0.2) is 8.32 Å². The third-order valence-electron chi connectivity index (χ3n) is 4.22. The molecule has 0 heterocycles. The van der Waals surface area contributed by atoms with Gasteiger partial charge in [0.1, 0.15) is 0 Å². The SMILES string of the molecule is CC(C)(CCCOCc1ccc(CO)cc1)[Si](C)(C)O. The van der Waals surface area contributed by atoms with Crippen LogP contribution in [-0.2, 0) is 18.0 Å². The van der Waals surface area contributed by atoms with Crippen LogP contribution in [0.4, 0.5) is 0 Å². The fourth-order valence-corrected chi connectivity index (χ4v) is 2.64. The zero-order chi connectivity index (χ0) is 15.2. The van der Waals surface area contributed by atoms with E-state index in [-0.39, 0.29) is 11.6 Å². The van der Waals surface area contributed by atoms with Crippen molar-refractivity contribution in [3.8, 4) is 0 Å². The van der Waals surface area contributed by atoms with E-state index in [9.17, 15) is 4.80 Å². The summed E-state index contributed by atoms with van der Waals surface area (Å²) in [6.45, 7) is 9.69. The monoisotopic (exact) mass is 296 g/mol. The van der Waals surface area contributed by atoms with Crippen LogP contribution in [0.3, 0.4) is 0 Å². The van der Waals surface area contributed by atoms with Crippen molar-refractivity contribution < 1.29 is 14.6 Å². The van der Waals surface area contributed by atoms with E-state index < -0.39 is 8.32 Å². The summed E-state index contributed by atoms with van der Waals surface area (Å²) < 4.78 is 5.67. The first kappa shape index (κ1) is 17.4. The summed E-state index contributed by atoms with van der Waals surface area (Å²) in [7, 11) is -2.10. The molecule has 0 saturated carbocycles. The molecule has 4 heteroatoms. The number of aliphatic hydroxyl groups excluding tert-OH is 1. The second-order valence-electron chi connectivity index (χ2n) is 6.57. The van der Waals surface area contributed by atoms with E-state index >= 15 is 0 Å². The lowest BCUT2D eigenvalue weighted by Gasteiger charge is -2.35. The highest BCUT2D eigenvalue weighted by Crippen LogP contribution is 2.39. The van der Waals surface area contributed by atoms with Crippen molar-refractivity contribution >= 4 is 8.32 Å². The zero-order valence-electron chi connectivity index (χ0n) is 13.1. The molecule has 0 aliphatic rings. The van der Waals surface area contributed by atoms with E-state index in [4.69, 9.17) is 9.84 Å². The lowest BCUT2D eigenvalue weighted by atomic mass is 10.1. The predicted molar refractivity (Wildman–Crippen MR) is 85.0 cm³/mol. The van der Waals surface area contributed by atoms with Crippen LogP contribution in [0.25, 0.3) is 0 Å². The topological polar surface area (TPSA) is 49.7 Å². The second-order valence-corrected chi connectivity index (χ2v) is 11.0. The van der Waals surface area contributed by atoms with Gasteiger partial charge in [0.25, 0.3) is 0 Å². The maximum atomic E-state index is 10.2. The molecule has 0 aromatic heterocycles. The third-order valence-corrected chi connectivity index (χ3v) is 7.78. The standard InChI is InChI=1S/C16H28O3Si/c1-16(2,20(3,4)18)10-5-11-19-13-15-8-6-14(12-17)7-9-15/h6-9,17-18H,5,10-13H2,1-4H3. The molecule has 0 saturated heterocycles. The summed E-state index contributed by atoms with van der Waals surface area (Å²) in [4.78, 5) is 10.2. The molecule has 3 nitrogen and oxygen atoms in total. The Bertz CT molecular complexity index is 393. The van der Waals surface area contributed by atoms with Crippen molar-refractivity contribution in [1.82, 2.24) is 0 Å². The van der Waals surface area contributed by atoms with Gasteiger partial charge >= 0.3 is 0 Å². The molecule has 2 N–H and O–H groups in total. The Kier molecular flexibility index (Phi) is 6.39. The van der Waals surface area contributed by atoms with E-state index in [1.54, 1.807) is 0 Å². The summed E-state index contributed by atoms with van der Waals surface area (Å²) >= 11 is 0. The molecule has 0 atom stereocenters. The normalized spacial score (nSPS) is 12.7. The number of hydrogen-bond acceptors (Lipinski definition) is 3. The van der Waals surface area contributed by atoms with Crippen molar-refractivity contribution in [2.24, 2.45) is 0 Å². The molecule has 20 heavy (non-hydrogen) atoms. The van der Waals surface area contributed by atoms with E-state index in [2.05, 4.69) is 13.8 Å². The van der Waals surface area contributed by atoms with E-state index in [0.29, 0.717) is 6.61 Å². The molecule has 1 rings (SSSR count). The summed E-state index contributed by atoms with van der Waals surface area (Å²) in [6.07, 6.45) is 1.96. The summed E-state index contributed by atoms with van der Waals surface area (Å²) in [5.74, 6) is 0. The number of rotatable bonds is 8. The fraction of sp³-hybridized carbons (Fsp3) is 0.625. The molecular formula is C16H28O3Si. The van der Waals surface area contributed by atoms with Gasteiger partial charge in [0, 0.05) is 6.61 Å². The lowest BCUT2D eigenvalue weighted by molar-refractivity contribution is 0.114. The van der Waals surface area contributed by atoms with Crippen LogP contribution < -0.4 is 0 Å². The van der Waals surface area contributed by atoms with Crippen LogP contribution >= 0.6 is 0 Å². The quantitative estimate of drug-likeness (QED) is 0.570. The Morgan fingerprint density at radius 2 is 1.65 bits per heavy atom. The molecule has 114 valence electrons. The van der Waals surface area contributed by atoms with Crippen LogP contribution in [0, 0.1) is 0 Å². The van der Waals surface area contributed by atoms with Crippen LogP contribution in [-0.4, -0.2) is 24.8 Å². The molecule has 0 bridgehead atoms. The molecule has 0 aliphatic heterocycles. The van der Waals surface area contributed by atoms with Crippen molar-refractivity contribution in [3.05, 3.63) is 35.4 Å². The van der Waals surface area contributed by atoms with Gasteiger partial charge in [-0.3, -0.25) is 0 Å². The van der Waals surface area contributed by atoms with Gasteiger partial charge in [-0.05, 0) is 42.1 Å². The van der Waals surface area contributed by atoms with E-state index in [1.165, 1.54) is 0 Å². The smallest absolute Gasteiger partial charge is 0.188 e. The maximum Gasteiger partial charge on any atom is 0.188 e. The zero-order valence-corrected chi connectivity index (χ0v) is 14.1. The van der Waals surface area contributed by atoms with Gasteiger partial charge in [0.05, 0.1) is 13.2 Å². The minimum absolute atomic E-state index is 0.0269. The average Bonchev–Trinajstić information content (AvgIpc) is 2.37. The predicted octanol–water partition coefficient (Wildman–Crippen LogP) is 3.45. The summed E-state index contributed by atoms with van der Waals surface area (Å²) in [5.41, 5.74) is 2.05. The van der Waals surface area contributed by atoms with Crippen LogP contribution in [0.5, 0.6) is 0 Å². The van der Waals surface area contributed by atoms with Gasteiger partial charge in [0.2, 0.25) is 0 Å². The van der Waals surface area contributed by atoms with Crippen LogP contribution in [0.2, 0.25) is 18.1 Å². The molecule has 0 aliphatic carbocycles. The highest BCUT2D eigenvalue weighted by molar-refractivity contribution is 6.72. The number of hydrogen-bond donors (Lipinski definition) is 2. The number of aliphatic hydroxyl groups is 1. The van der Waals surface area contributed by atoms with Gasteiger partial charge < -0.3 is 14.6 Å². The average molecular weight is 296 g/mol. The first-order chi connectivity index (χ1) is 9.26. The van der Waals surface area contributed by atoms with Crippen LogP contribution in [0.15, 0.2) is 24.3 Å². The van der Waals surface area contributed by atoms with E-state index in [0.717, 1.165) is 30.6 Å². The summed E-state index contributed by atoms with van der Waals surface area (Å²) in [6, 6.07) is 7.81. The number of benzene rings is 1. The van der Waals surface area contributed by atoms with Gasteiger partial charge in [-0.25, -0.2) is 0 Å². The first-order valence-corrected chi connectivity index (χ1v) is 10.2. The molecule has 0 spiro atoms. The molecule has 0 radical (unpaired) electrons. The van der Waals surface area contributed by atoms with Crippen molar-refractivity contribution in [3.63, 3.8) is 0 Å². The second kappa shape index (κ2) is 7.36. The highest BCUT2D eigenvalue weighted by atomic mass is 28.4. The molecule has 0 fully saturated rings. The maximum absolute atomic E-state index is 10.2. The van der Waals surface area contributed by atoms with Crippen molar-refractivity contribution in [1.29, 1.82) is 0 Å². The number of ether oxygens (including phenoxy) is 1. The molecular weight excluding hydrogens is 268 g/mol. The Morgan fingerprint density at radius 1 is 1.10 bits per heavy atom. The highest BCUT2D eigenvalue weighted by Gasteiger charge is 2.37. The molecule has 1 aromatic carbocycles. The van der Waals surface area contributed by atoms with E-state index in [1.807, 2.05) is 37.4 Å². The fourth-order valence-electron chi connectivity index (χ4n) is 1.85. The lowest BCUT2D eigenvalue weighted by Crippen LogP contribution is -2.39. The Morgan fingerprint density at radius 3 is 2.15 bits per heavy atom. The summed E-state index contributed by atoms with van der Waals surface area (Å²) in [5, 5.41) is 8.99. The first-order valence-electron chi connectivity index (χ1n) is 7.25. The van der Waals surface area contributed by atoms with Gasteiger partial charge in [-0.15, -0.1) is 0 Å². The van der Waals surface area contributed by atoms with Gasteiger partial charge in [-0.2, -0.15) is 0 Å². The molecule has 1 aromatic rings. The Hall–Kier alpha value is -0.683. The third kappa shape index (κ3) is 5.36. The van der Waals surface area contributed by atoms with Crippen molar-refractivity contribution in [2.75, 3.05) is 6.61 Å². The van der Waals surface area contributed by atoms with Crippen molar-refractivity contribution in [2.45, 2.75) is 58.0 Å². The largest absolute Gasteiger partial charge is 0.432 e. The molecule has 0 unspecified atom stereocenters. The Balaban J connectivity index is 2.25. The van der Waals surface area contributed by atoms with Gasteiger partial charge in [-0.1, -0.05) is 38.1 Å². The minimum atomic E-state index is -2.10. The van der Waals surface area contributed by atoms with Crippen LogP contribution in [0.1, 0.15) is 37.8 Å². The minimum Gasteiger partial charge on any atom is -0.432 e. The Labute approximate surface area is 123 Å².